The van der Waals surface area contributed by atoms with Crippen LogP contribution in [0.4, 0.5) is 0 Å². The fourth-order valence-corrected chi connectivity index (χ4v) is 0.845. The molecule has 50 valence electrons. The van der Waals surface area contributed by atoms with E-state index in [4.69, 9.17) is 5.21 Å². The van der Waals surface area contributed by atoms with E-state index in [1.54, 1.807) is 6.07 Å². The molecule has 2 rings (SSSR count). The molecule has 0 amide bonds. The fraction of sp³-hybridized carbons (Fsp3) is 0. The van der Waals surface area contributed by atoms with E-state index in [1.807, 2.05) is 12.1 Å². The maximum Gasteiger partial charge on any atom is 0.153 e. The van der Waals surface area contributed by atoms with Crippen LogP contribution in [0.2, 0.25) is 0 Å². The van der Waals surface area contributed by atoms with Crippen LogP contribution in [0.3, 0.4) is 0 Å². The first kappa shape index (κ1) is 5.22. The molecule has 1 aliphatic carbocycles. The fourth-order valence-electron chi connectivity index (χ4n) is 0.845. The minimum atomic E-state index is 0.697. The van der Waals surface area contributed by atoms with Crippen molar-refractivity contribution in [2.24, 2.45) is 0 Å². The van der Waals surface area contributed by atoms with Crippen molar-refractivity contribution in [3.05, 3.63) is 24.5 Å². The van der Waals surface area contributed by atoms with Gasteiger partial charge in [0, 0.05) is 0 Å². The second-order valence-corrected chi connectivity index (χ2v) is 1.96. The standard InChI is InChI=1S/C6H5N3O/c10-9-4-7-5-2-1-3-6(5)8-9/h1-4,10H. The number of fused-ring (bicyclic) bond motifs is 1. The van der Waals surface area contributed by atoms with E-state index in [1.165, 1.54) is 6.33 Å². The van der Waals surface area contributed by atoms with E-state index in [2.05, 4.69) is 10.1 Å². The molecule has 0 unspecified atom stereocenters. The molecule has 0 spiro atoms. The SMILES string of the molecule is On1cnc2cccc-2n1. The second-order valence-electron chi connectivity index (χ2n) is 1.96. The third-order valence-corrected chi connectivity index (χ3v) is 1.28. The maximum atomic E-state index is 8.79. The van der Waals surface area contributed by atoms with Gasteiger partial charge in [0.2, 0.25) is 0 Å². The van der Waals surface area contributed by atoms with Crippen molar-refractivity contribution in [3.63, 3.8) is 0 Å². The molecule has 4 nitrogen and oxygen atoms in total. The van der Waals surface area contributed by atoms with Crippen LogP contribution in [0.1, 0.15) is 0 Å². The highest BCUT2D eigenvalue weighted by Gasteiger charge is 2.02. The number of nitrogens with zero attached hydrogens (tertiary/aromatic N) is 3. The molecule has 2 aliphatic rings. The molecule has 0 aromatic heterocycles. The van der Waals surface area contributed by atoms with Gasteiger partial charge < -0.3 is 5.21 Å². The molecule has 0 radical (unpaired) electrons. The van der Waals surface area contributed by atoms with Gasteiger partial charge in [0.1, 0.15) is 5.69 Å². The third-order valence-electron chi connectivity index (χ3n) is 1.28. The summed E-state index contributed by atoms with van der Waals surface area (Å²) in [4.78, 5) is 4.59. The lowest BCUT2D eigenvalue weighted by atomic mass is 10.4. The highest BCUT2D eigenvalue weighted by atomic mass is 16.5. The quantitative estimate of drug-likeness (QED) is 0.539. The van der Waals surface area contributed by atoms with E-state index in [0.717, 1.165) is 5.69 Å². The molecule has 1 heterocycles. The van der Waals surface area contributed by atoms with Crippen molar-refractivity contribution >= 4 is 0 Å². The maximum absolute atomic E-state index is 8.79. The minimum Gasteiger partial charge on any atom is -0.410 e. The molecule has 4 heteroatoms. The van der Waals surface area contributed by atoms with Crippen LogP contribution in [-0.4, -0.2) is 20.1 Å². The van der Waals surface area contributed by atoms with E-state index in [-0.39, 0.29) is 0 Å². The number of rotatable bonds is 0. The normalized spacial score (nSPS) is 10.4. The van der Waals surface area contributed by atoms with Crippen molar-refractivity contribution in [1.82, 2.24) is 14.9 Å². The van der Waals surface area contributed by atoms with Crippen LogP contribution in [-0.2, 0) is 0 Å². The molecule has 0 atom stereocenters. The third kappa shape index (κ3) is 0.621. The molecule has 10 heavy (non-hydrogen) atoms. The first-order chi connectivity index (χ1) is 4.86. The van der Waals surface area contributed by atoms with Gasteiger partial charge in [-0.15, -0.1) is 5.10 Å². The van der Waals surface area contributed by atoms with Gasteiger partial charge in [0.05, 0.1) is 5.69 Å². The first-order valence-corrected chi connectivity index (χ1v) is 2.86. The Labute approximate surface area is 57.0 Å². The number of hydrogen-bond acceptors (Lipinski definition) is 3. The average Bonchev–Trinajstić information content (AvgIpc) is 2.33. The largest absolute Gasteiger partial charge is 0.410 e. The predicted molar refractivity (Wildman–Crippen MR) is 33.8 cm³/mol. The lowest BCUT2D eigenvalue weighted by Gasteiger charge is -1.96. The van der Waals surface area contributed by atoms with Crippen LogP contribution < -0.4 is 0 Å². The summed E-state index contributed by atoms with van der Waals surface area (Å²) < 4.78 is 0. The summed E-state index contributed by atoms with van der Waals surface area (Å²) in [5, 5.41) is 12.5. The van der Waals surface area contributed by atoms with Gasteiger partial charge in [-0.1, -0.05) is 10.9 Å². The molecular formula is C6H5N3O. The molecule has 1 aliphatic heterocycles. The summed E-state index contributed by atoms with van der Waals surface area (Å²) in [6.07, 6.45) is 1.25. The van der Waals surface area contributed by atoms with Gasteiger partial charge in [-0.2, -0.15) is 0 Å². The zero-order chi connectivity index (χ0) is 6.97. The summed E-state index contributed by atoms with van der Waals surface area (Å²) in [5.41, 5.74) is 1.50. The predicted octanol–water partition coefficient (Wildman–Crippen LogP) is 0.620. The molecule has 0 aromatic carbocycles. The van der Waals surface area contributed by atoms with Crippen LogP contribution in [0, 0.1) is 0 Å². The second kappa shape index (κ2) is 1.70. The van der Waals surface area contributed by atoms with Gasteiger partial charge in [-0.05, 0) is 12.1 Å². The smallest absolute Gasteiger partial charge is 0.153 e. The lowest BCUT2D eigenvalue weighted by molar-refractivity contribution is 0.141. The molecule has 0 aromatic rings. The van der Waals surface area contributed by atoms with Gasteiger partial charge in [0.15, 0.2) is 6.33 Å². The van der Waals surface area contributed by atoms with Crippen LogP contribution in [0.5, 0.6) is 0 Å². The summed E-state index contributed by atoms with van der Waals surface area (Å²) >= 11 is 0. The van der Waals surface area contributed by atoms with Crippen LogP contribution in [0.25, 0.3) is 11.4 Å². The minimum absolute atomic E-state index is 0.697. The van der Waals surface area contributed by atoms with Crippen molar-refractivity contribution in [3.8, 4) is 11.4 Å². The summed E-state index contributed by atoms with van der Waals surface area (Å²) in [6.45, 7) is 0. The number of aromatic nitrogens is 3. The zero-order valence-electron chi connectivity index (χ0n) is 5.10. The van der Waals surface area contributed by atoms with Crippen LogP contribution >= 0.6 is 0 Å². The Balaban J connectivity index is 2.75. The number of hydrogen-bond donors (Lipinski definition) is 1. The Bertz CT molecular complexity index is 317. The van der Waals surface area contributed by atoms with Crippen molar-refractivity contribution in [1.29, 1.82) is 0 Å². The highest BCUT2D eigenvalue weighted by molar-refractivity contribution is 5.55. The Morgan fingerprint density at radius 3 is 3.00 bits per heavy atom. The Hall–Kier alpha value is -1.58. The topological polar surface area (TPSA) is 50.9 Å². The van der Waals surface area contributed by atoms with E-state index < -0.39 is 0 Å². The lowest BCUT2D eigenvalue weighted by Crippen LogP contribution is -2.00. The van der Waals surface area contributed by atoms with Crippen molar-refractivity contribution in [2.75, 3.05) is 0 Å². The molecule has 0 bridgehead atoms. The molecular weight excluding hydrogens is 130 g/mol. The molecule has 1 N–H and O–H groups in total. The monoisotopic (exact) mass is 135 g/mol. The van der Waals surface area contributed by atoms with Gasteiger partial charge in [-0.25, -0.2) is 4.98 Å². The van der Waals surface area contributed by atoms with Crippen molar-refractivity contribution in [2.45, 2.75) is 0 Å². The van der Waals surface area contributed by atoms with E-state index in [9.17, 15) is 0 Å². The Morgan fingerprint density at radius 1 is 1.30 bits per heavy atom. The molecule has 0 saturated heterocycles. The van der Waals surface area contributed by atoms with E-state index in [0.29, 0.717) is 10.5 Å². The van der Waals surface area contributed by atoms with Crippen molar-refractivity contribution < 1.29 is 5.21 Å². The van der Waals surface area contributed by atoms with Gasteiger partial charge in [-0.3, -0.25) is 0 Å². The highest BCUT2D eigenvalue weighted by Crippen LogP contribution is 2.14. The summed E-state index contributed by atoms with van der Waals surface area (Å²) in [5.74, 6) is 0. The average molecular weight is 135 g/mol. The van der Waals surface area contributed by atoms with Crippen LogP contribution in [0.15, 0.2) is 24.5 Å². The zero-order valence-corrected chi connectivity index (χ0v) is 5.10. The Kier molecular flexibility index (Phi) is 0.887. The van der Waals surface area contributed by atoms with Gasteiger partial charge in [0.25, 0.3) is 0 Å². The van der Waals surface area contributed by atoms with Gasteiger partial charge >= 0.3 is 0 Å². The molecule has 0 fully saturated rings. The van der Waals surface area contributed by atoms with E-state index >= 15 is 0 Å². The first-order valence-electron chi connectivity index (χ1n) is 2.86. The summed E-state index contributed by atoms with van der Waals surface area (Å²) in [7, 11) is 0. The Morgan fingerprint density at radius 2 is 2.10 bits per heavy atom. The summed E-state index contributed by atoms with van der Waals surface area (Å²) in [6, 6.07) is 5.46. The molecule has 0 saturated carbocycles.